The second-order valence-electron chi connectivity index (χ2n) is 5.87. The van der Waals surface area contributed by atoms with Crippen LogP contribution in [0.4, 0.5) is 0 Å². The van der Waals surface area contributed by atoms with E-state index in [9.17, 15) is 9.59 Å². The molecule has 24 heavy (non-hydrogen) atoms. The maximum Gasteiger partial charge on any atom is 0.251 e. The first kappa shape index (κ1) is 18.2. The van der Waals surface area contributed by atoms with E-state index in [2.05, 4.69) is 27.3 Å². The third-order valence-electron chi connectivity index (χ3n) is 3.84. The number of nitrogens with one attached hydrogen (secondary N) is 1. The van der Waals surface area contributed by atoms with E-state index in [1.807, 2.05) is 26.0 Å². The summed E-state index contributed by atoms with van der Waals surface area (Å²) in [6.07, 6.45) is 0. The molecule has 5 heteroatoms. The molecule has 2 amide bonds. The topological polar surface area (TPSA) is 49.4 Å². The number of halogens is 1. The minimum Gasteiger partial charge on any atom is -0.343 e. The SMILES string of the molecule is Cc1ccc(CN(C)C(=O)CNC(=O)c2ccc(Br)cc2)c(C)c1. The molecule has 0 heterocycles. The molecule has 0 aliphatic carbocycles. The standard InChI is InChI=1S/C19H21BrN2O2/c1-13-4-5-16(14(2)10-13)12-22(3)18(23)11-21-19(24)15-6-8-17(20)9-7-15/h4-10H,11-12H2,1-3H3,(H,21,24). The molecule has 0 aromatic heterocycles. The Morgan fingerprint density at radius 2 is 1.75 bits per heavy atom. The zero-order valence-electron chi connectivity index (χ0n) is 14.1. The van der Waals surface area contributed by atoms with Crippen LogP contribution in [0.2, 0.25) is 0 Å². The lowest BCUT2D eigenvalue weighted by Gasteiger charge is -2.19. The van der Waals surface area contributed by atoms with E-state index < -0.39 is 0 Å². The zero-order chi connectivity index (χ0) is 17.7. The van der Waals surface area contributed by atoms with Crippen molar-refractivity contribution in [3.05, 3.63) is 69.2 Å². The first-order valence-electron chi connectivity index (χ1n) is 7.70. The minimum atomic E-state index is -0.254. The van der Waals surface area contributed by atoms with Gasteiger partial charge in [-0.15, -0.1) is 0 Å². The number of carbonyl (C=O) groups is 2. The highest BCUT2D eigenvalue weighted by molar-refractivity contribution is 9.10. The third-order valence-corrected chi connectivity index (χ3v) is 4.37. The predicted octanol–water partition coefficient (Wildman–Crippen LogP) is 3.45. The second-order valence-corrected chi connectivity index (χ2v) is 6.78. The Labute approximate surface area is 151 Å². The number of carbonyl (C=O) groups excluding carboxylic acids is 2. The van der Waals surface area contributed by atoms with Gasteiger partial charge in [-0.1, -0.05) is 39.7 Å². The molecular weight excluding hydrogens is 368 g/mol. The third kappa shape index (κ3) is 4.93. The van der Waals surface area contributed by atoms with E-state index in [-0.39, 0.29) is 18.4 Å². The molecule has 0 unspecified atom stereocenters. The van der Waals surface area contributed by atoms with E-state index in [1.54, 1.807) is 36.2 Å². The first-order chi connectivity index (χ1) is 11.4. The maximum absolute atomic E-state index is 12.2. The number of rotatable bonds is 5. The number of amides is 2. The molecule has 0 aliphatic rings. The lowest BCUT2D eigenvalue weighted by molar-refractivity contribution is -0.129. The highest BCUT2D eigenvalue weighted by atomic mass is 79.9. The van der Waals surface area contributed by atoms with Gasteiger partial charge in [-0.05, 0) is 49.2 Å². The van der Waals surface area contributed by atoms with Crippen LogP contribution in [0.5, 0.6) is 0 Å². The molecule has 2 aromatic carbocycles. The summed E-state index contributed by atoms with van der Waals surface area (Å²) in [5, 5.41) is 2.66. The summed E-state index contributed by atoms with van der Waals surface area (Å²) >= 11 is 3.33. The summed E-state index contributed by atoms with van der Waals surface area (Å²) in [6, 6.07) is 13.2. The van der Waals surface area contributed by atoms with Crippen molar-refractivity contribution in [2.75, 3.05) is 13.6 Å². The van der Waals surface area contributed by atoms with Crippen LogP contribution >= 0.6 is 15.9 Å². The molecule has 2 aromatic rings. The van der Waals surface area contributed by atoms with Crippen molar-refractivity contribution in [3.63, 3.8) is 0 Å². The normalized spacial score (nSPS) is 10.3. The molecule has 0 saturated heterocycles. The Morgan fingerprint density at radius 1 is 1.08 bits per heavy atom. The van der Waals surface area contributed by atoms with Gasteiger partial charge in [-0.25, -0.2) is 0 Å². The largest absolute Gasteiger partial charge is 0.343 e. The lowest BCUT2D eigenvalue weighted by Crippen LogP contribution is -2.37. The number of hydrogen-bond donors (Lipinski definition) is 1. The molecule has 0 aliphatic heterocycles. The van der Waals surface area contributed by atoms with Crippen molar-refractivity contribution in [3.8, 4) is 0 Å². The Morgan fingerprint density at radius 3 is 2.38 bits per heavy atom. The molecule has 0 atom stereocenters. The van der Waals surface area contributed by atoms with E-state index in [0.717, 1.165) is 15.6 Å². The average Bonchev–Trinajstić information content (AvgIpc) is 2.55. The van der Waals surface area contributed by atoms with Gasteiger partial charge in [0.05, 0.1) is 6.54 Å². The van der Waals surface area contributed by atoms with Gasteiger partial charge in [0.1, 0.15) is 0 Å². The molecule has 0 bridgehead atoms. The Hall–Kier alpha value is -2.14. The fraction of sp³-hybridized carbons (Fsp3) is 0.263. The van der Waals surface area contributed by atoms with Gasteiger partial charge in [-0.3, -0.25) is 9.59 Å². The Bertz CT molecular complexity index is 742. The van der Waals surface area contributed by atoms with Gasteiger partial charge in [0, 0.05) is 23.6 Å². The van der Waals surface area contributed by atoms with E-state index in [4.69, 9.17) is 0 Å². The fourth-order valence-corrected chi connectivity index (χ4v) is 2.63. The Kier molecular flexibility index (Phi) is 6.15. The number of aryl methyl sites for hydroxylation is 2. The van der Waals surface area contributed by atoms with Crippen molar-refractivity contribution in [2.24, 2.45) is 0 Å². The van der Waals surface area contributed by atoms with Crippen LogP contribution in [0.1, 0.15) is 27.0 Å². The monoisotopic (exact) mass is 388 g/mol. The van der Waals surface area contributed by atoms with Crippen molar-refractivity contribution >= 4 is 27.7 Å². The molecule has 1 N–H and O–H groups in total. The van der Waals surface area contributed by atoms with E-state index in [1.165, 1.54) is 5.56 Å². The van der Waals surface area contributed by atoms with Crippen molar-refractivity contribution in [1.29, 1.82) is 0 Å². The summed E-state index contributed by atoms with van der Waals surface area (Å²) in [5.41, 5.74) is 4.00. The van der Waals surface area contributed by atoms with Gasteiger partial charge >= 0.3 is 0 Å². The quantitative estimate of drug-likeness (QED) is 0.852. The highest BCUT2D eigenvalue weighted by Crippen LogP contribution is 2.13. The molecule has 0 saturated carbocycles. The molecule has 0 spiro atoms. The second kappa shape index (κ2) is 8.11. The smallest absolute Gasteiger partial charge is 0.251 e. The predicted molar refractivity (Wildman–Crippen MR) is 98.9 cm³/mol. The van der Waals surface area contributed by atoms with Crippen LogP contribution in [0.25, 0.3) is 0 Å². The van der Waals surface area contributed by atoms with Crippen molar-refractivity contribution < 1.29 is 9.59 Å². The molecule has 0 fully saturated rings. The van der Waals surface area contributed by atoms with Gasteiger partial charge < -0.3 is 10.2 Å². The molecule has 126 valence electrons. The van der Waals surface area contributed by atoms with Crippen LogP contribution in [0, 0.1) is 13.8 Å². The minimum absolute atomic E-state index is 0.0176. The van der Waals surface area contributed by atoms with Crippen LogP contribution in [-0.2, 0) is 11.3 Å². The maximum atomic E-state index is 12.2. The molecule has 4 nitrogen and oxygen atoms in total. The zero-order valence-corrected chi connectivity index (χ0v) is 15.7. The summed E-state index contributed by atoms with van der Waals surface area (Å²) in [4.78, 5) is 25.9. The van der Waals surface area contributed by atoms with Gasteiger partial charge in [0.2, 0.25) is 5.91 Å². The summed E-state index contributed by atoms with van der Waals surface area (Å²) in [7, 11) is 1.74. The summed E-state index contributed by atoms with van der Waals surface area (Å²) in [6.45, 7) is 4.59. The average molecular weight is 389 g/mol. The number of benzene rings is 2. The number of hydrogen-bond acceptors (Lipinski definition) is 2. The lowest BCUT2D eigenvalue weighted by atomic mass is 10.1. The van der Waals surface area contributed by atoms with Gasteiger partial charge in [-0.2, -0.15) is 0 Å². The number of nitrogens with zero attached hydrogens (tertiary/aromatic N) is 1. The van der Waals surface area contributed by atoms with E-state index in [0.29, 0.717) is 12.1 Å². The van der Waals surface area contributed by atoms with Crippen molar-refractivity contribution in [2.45, 2.75) is 20.4 Å². The molecule has 2 rings (SSSR count). The van der Waals surface area contributed by atoms with Crippen LogP contribution in [0.15, 0.2) is 46.9 Å². The highest BCUT2D eigenvalue weighted by Gasteiger charge is 2.13. The number of likely N-dealkylation sites (N-methyl/N-ethyl adjacent to an activating group) is 1. The van der Waals surface area contributed by atoms with Crippen LogP contribution < -0.4 is 5.32 Å². The summed E-state index contributed by atoms with van der Waals surface area (Å²) < 4.78 is 0.906. The Balaban J connectivity index is 1.89. The molecular formula is C19H21BrN2O2. The summed E-state index contributed by atoms with van der Waals surface area (Å²) in [5.74, 6) is -0.379. The molecule has 0 radical (unpaired) electrons. The van der Waals surface area contributed by atoms with E-state index >= 15 is 0 Å². The van der Waals surface area contributed by atoms with Gasteiger partial charge in [0.15, 0.2) is 0 Å². The van der Waals surface area contributed by atoms with Gasteiger partial charge in [0.25, 0.3) is 5.91 Å². The first-order valence-corrected chi connectivity index (χ1v) is 8.50. The fourth-order valence-electron chi connectivity index (χ4n) is 2.36. The van der Waals surface area contributed by atoms with Crippen molar-refractivity contribution in [1.82, 2.24) is 10.2 Å². The van der Waals surface area contributed by atoms with Crippen LogP contribution in [-0.4, -0.2) is 30.3 Å². The van der Waals surface area contributed by atoms with Crippen LogP contribution in [0.3, 0.4) is 0 Å².